The second kappa shape index (κ2) is 4.78. The van der Waals surface area contributed by atoms with Gasteiger partial charge in [-0.25, -0.2) is 0 Å². The third-order valence-corrected chi connectivity index (χ3v) is 4.75. The summed E-state index contributed by atoms with van der Waals surface area (Å²) in [5, 5.41) is 12.6. The van der Waals surface area contributed by atoms with Crippen LogP contribution in [-0.2, 0) is 0 Å². The molecule has 0 aromatic heterocycles. The summed E-state index contributed by atoms with van der Waals surface area (Å²) in [5.74, 6) is -0.184. The van der Waals surface area contributed by atoms with Gasteiger partial charge in [0.15, 0.2) is 0 Å². The van der Waals surface area contributed by atoms with Crippen LogP contribution >= 0.6 is 23.4 Å². The molecule has 0 aliphatic heterocycles. The topological polar surface area (TPSA) is 49.3 Å². The van der Waals surface area contributed by atoms with Gasteiger partial charge in [-0.15, -0.1) is 0 Å². The monoisotopic (exact) mass is 271 g/mol. The van der Waals surface area contributed by atoms with E-state index in [0.29, 0.717) is 17.1 Å². The van der Waals surface area contributed by atoms with Crippen molar-refractivity contribution < 1.29 is 9.90 Å². The molecule has 1 aliphatic carbocycles. The van der Waals surface area contributed by atoms with Crippen LogP contribution in [0.1, 0.15) is 23.2 Å². The Morgan fingerprint density at radius 2 is 2.29 bits per heavy atom. The zero-order valence-electron chi connectivity index (χ0n) is 9.50. The summed E-state index contributed by atoms with van der Waals surface area (Å²) < 4.78 is 0.221. The molecule has 0 unspecified atom stereocenters. The predicted molar refractivity (Wildman–Crippen MR) is 70.9 cm³/mol. The maximum Gasteiger partial charge on any atom is 0.252 e. The molecule has 0 radical (unpaired) electrons. The molecular weight excluding hydrogens is 258 g/mol. The second-order valence-electron chi connectivity index (χ2n) is 4.23. The fourth-order valence-electron chi connectivity index (χ4n) is 1.62. The number of carbonyl (C=O) groups excluding carboxylic acids is 1. The Bertz CT molecular complexity index is 446. The zero-order valence-corrected chi connectivity index (χ0v) is 11.1. The molecule has 0 saturated heterocycles. The summed E-state index contributed by atoms with van der Waals surface area (Å²) in [6.07, 6.45) is 4.34. The molecule has 0 bridgehead atoms. The van der Waals surface area contributed by atoms with E-state index in [0.717, 1.165) is 12.8 Å². The van der Waals surface area contributed by atoms with E-state index in [-0.39, 0.29) is 16.4 Å². The van der Waals surface area contributed by atoms with Crippen molar-refractivity contribution in [2.75, 3.05) is 12.8 Å². The minimum absolute atomic E-state index is 0.0468. The molecular formula is C12H14ClNO2S. The van der Waals surface area contributed by atoms with Crippen molar-refractivity contribution in [1.29, 1.82) is 0 Å². The van der Waals surface area contributed by atoms with Crippen LogP contribution in [0.15, 0.2) is 18.2 Å². The zero-order chi connectivity index (χ0) is 12.5. The van der Waals surface area contributed by atoms with Crippen LogP contribution < -0.4 is 5.32 Å². The van der Waals surface area contributed by atoms with Gasteiger partial charge in [0.2, 0.25) is 0 Å². The summed E-state index contributed by atoms with van der Waals surface area (Å²) in [6.45, 7) is 0.652. The van der Waals surface area contributed by atoms with Gasteiger partial charge in [-0.1, -0.05) is 11.6 Å². The highest BCUT2D eigenvalue weighted by atomic mass is 35.5. The van der Waals surface area contributed by atoms with E-state index in [1.807, 2.05) is 0 Å². The van der Waals surface area contributed by atoms with Gasteiger partial charge in [-0.05, 0) is 37.3 Å². The third-order valence-electron chi connectivity index (χ3n) is 3.01. The van der Waals surface area contributed by atoms with Gasteiger partial charge in [0.05, 0.1) is 10.6 Å². The van der Waals surface area contributed by atoms with Crippen molar-refractivity contribution in [3.63, 3.8) is 0 Å². The largest absolute Gasteiger partial charge is 0.508 e. The van der Waals surface area contributed by atoms with Crippen LogP contribution in [0.4, 0.5) is 0 Å². The number of phenolic OH excluding ortho intramolecular Hbond substituents is 1. The number of phenols is 1. The Hall–Kier alpha value is -0.870. The van der Waals surface area contributed by atoms with Crippen LogP contribution in [-0.4, -0.2) is 28.6 Å². The molecule has 2 rings (SSSR count). The molecule has 0 atom stereocenters. The number of rotatable bonds is 4. The lowest BCUT2D eigenvalue weighted by Crippen LogP contribution is -2.31. The maximum atomic E-state index is 11.9. The molecule has 0 spiro atoms. The van der Waals surface area contributed by atoms with Crippen molar-refractivity contribution in [3.05, 3.63) is 28.8 Å². The molecule has 1 aromatic rings. The Labute approximate surface area is 110 Å². The summed E-state index contributed by atoms with van der Waals surface area (Å²) in [5.41, 5.74) is 0.323. The Balaban J connectivity index is 2.02. The van der Waals surface area contributed by atoms with E-state index >= 15 is 0 Å². The van der Waals surface area contributed by atoms with E-state index < -0.39 is 0 Å². The first kappa shape index (κ1) is 12.6. The van der Waals surface area contributed by atoms with Crippen LogP contribution in [0.5, 0.6) is 5.75 Å². The van der Waals surface area contributed by atoms with E-state index in [1.54, 1.807) is 11.8 Å². The lowest BCUT2D eigenvalue weighted by molar-refractivity contribution is 0.0953. The summed E-state index contributed by atoms with van der Waals surface area (Å²) >= 11 is 7.70. The second-order valence-corrected chi connectivity index (χ2v) is 5.92. The molecule has 92 valence electrons. The molecule has 1 fully saturated rings. The van der Waals surface area contributed by atoms with E-state index in [9.17, 15) is 9.90 Å². The SMILES string of the molecule is CSC1(CNC(=O)c2cc(O)ccc2Cl)CC1. The number of hydrogen-bond acceptors (Lipinski definition) is 3. The van der Waals surface area contributed by atoms with E-state index in [2.05, 4.69) is 11.6 Å². The first-order valence-corrected chi connectivity index (χ1v) is 6.98. The lowest BCUT2D eigenvalue weighted by atomic mass is 10.2. The van der Waals surface area contributed by atoms with Crippen LogP contribution in [0, 0.1) is 0 Å². The first-order valence-electron chi connectivity index (χ1n) is 5.38. The van der Waals surface area contributed by atoms with Gasteiger partial charge in [0.1, 0.15) is 5.75 Å². The average Bonchev–Trinajstić information content (AvgIpc) is 3.10. The van der Waals surface area contributed by atoms with Gasteiger partial charge in [-0.2, -0.15) is 11.8 Å². The quantitative estimate of drug-likeness (QED) is 0.885. The normalized spacial score (nSPS) is 16.6. The molecule has 5 heteroatoms. The lowest BCUT2D eigenvalue weighted by Gasteiger charge is -2.13. The molecule has 2 N–H and O–H groups in total. The van der Waals surface area contributed by atoms with Gasteiger partial charge < -0.3 is 10.4 Å². The number of nitrogens with one attached hydrogen (secondary N) is 1. The number of thioether (sulfide) groups is 1. The fraction of sp³-hybridized carbons (Fsp3) is 0.417. The Morgan fingerprint density at radius 3 is 2.88 bits per heavy atom. The van der Waals surface area contributed by atoms with Crippen LogP contribution in [0.2, 0.25) is 5.02 Å². The molecule has 1 saturated carbocycles. The van der Waals surface area contributed by atoms with Crippen molar-refractivity contribution in [3.8, 4) is 5.75 Å². The number of amides is 1. The Kier molecular flexibility index (Phi) is 3.54. The summed E-state index contributed by atoms with van der Waals surface area (Å²) in [4.78, 5) is 11.9. The Morgan fingerprint density at radius 1 is 1.59 bits per heavy atom. The van der Waals surface area contributed by atoms with Gasteiger partial charge >= 0.3 is 0 Å². The maximum absolute atomic E-state index is 11.9. The van der Waals surface area contributed by atoms with Crippen molar-refractivity contribution in [1.82, 2.24) is 5.32 Å². The van der Waals surface area contributed by atoms with Crippen molar-refractivity contribution in [2.45, 2.75) is 17.6 Å². The minimum atomic E-state index is -0.230. The van der Waals surface area contributed by atoms with Gasteiger partial charge in [-0.3, -0.25) is 4.79 Å². The minimum Gasteiger partial charge on any atom is -0.508 e. The fourth-order valence-corrected chi connectivity index (χ4v) is 2.55. The van der Waals surface area contributed by atoms with Gasteiger partial charge in [0, 0.05) is 11.3 Å². The van der Waals surface area contributed by atoms with E-state index in [4.69, 9.17) is 11.6 Å². The third kappa shape index (κ3) is 2.87. The summed E-state index contributed by atoms with van der Waals surface area (Å²) in [6, 6.07) is 4.37. The number of benzene rings is 1. The first-order chi connectivity index (χ1) is 8.06. The van der Waals surface area contributed by atoms with Crippen LogP contribution in [0.25, 0.3) is 0 Å². The van der Waals surface area contributed by atoms with Gasteiger partial charge in [0.25, 0.3) is 5.91 Å². The molecule has 1 aliphatic rings. The highest BCUT2D eigenvalue weighted by Gasteiger charge is 2.42. The average molecular weight is 272 g/mol. The number of hydrogen-bond donors (Lipinski definition) is 2. The standard InChI is InChI=1S/C12H14ClNO2S/c1-17-12(4-5-12)7-14-11(16)9-6-8(15)2-3-10(9)13/h2-3,6,15H,4-5,7H2,1H3,(H,14,16). The van der Waals surface area contributed by atoms with Crippen molar-refractivity contribution >= 4 is 29.3 Å². The van der Waals surface area contributed by atoms with Crippen molar-refractivity contribution in [2.24, 2.45) is 0 Å². The number of aromatic hydroxyl groups is 1. The summed E-state index contributed by atoms with van der Waals surface area (Å²) in [7, 11) is 0. The smallest absolute Gasteiger partial charge is 0.252 e. The molecule has 1 aromatic carbocycles. The predicted octanol–water partition coefficient (Wildman–Crippen LogP) is 2.67. The van der Waals surface area contributed by atoms with E-state index in [1.165, 1.54) is 18.2 Å². The molecule has 17 heavy (non-hydrogen) atoms. The molecule has 3 nitrogen and oxygen atoms in total. The van der Waals surface area contributed by atoms with Crippen LogP contribution in [0.3, 0.4) is 0 Å². The highest BCUT2D eigenvalue weighted by Crippen LogP contribution is 2.46. The number of halogens is 1. The molecule has 1 amide bonds. The number of carbonyl (C=O) groups is 1. The highest BCUT2D eigenvalue weighted by molar-refractivity contribution is 8.00. The molecule has 0 heterocycles.